The highest BCUT2D eigenvalue weighted by Gasteiger charge is 2.50. The third kappa shape index (κ3) is 4.61. The number of ether oxygens (including phenoxy) is 2. The van der Waals surface area contributed by atoms with Gasteiger partial charge in [0, 0.05) is 25.2 Å². The lowest BCUT2D eigenvalue weighted by atomic mass is 9.80. The van der Waals surface area contributed by atoms with E-state index in [0.29, 0.717) is 17.7 Å². The molecule has 0 aliphatic carbocycles. The summed E-state index contributed by atoms with van der Waals surface area (Å²) in [6.45, 7) is 6.37. The van der Waals surface area contributed by atoms with E-state index in [1.165, 1.54) is 4.90 Å². The molecule has 3 aliphatic rings. The Morgan fingerprint density at radius 1 is 0.927 bits per heavy atom. The molecule has 3 amide bonds. The van der Waals surface area contributed by atoms with Crippen molar-refractivity contribution in [3.8, 4) is 16.9 Å². The van der Waals surface area contributed by atoms with E-state index in [1.54, 1.807) is 31.4 Å². The largest absolute Gasteiger partial charge is 0.497 e. The maximum atomic E-state index is 13.5. The number of benzene rings is 3. The highest BCUT2D eigenvalue weighted by molar-refractivity contribution is 6.21. The molecule has 8 nitrogen and oxygen atoms in total. The van der Waals surface area contributed by atoms with E-state index in [-0.39, 0.29) is 42.5 Å². The van der Waals surface area contributed by atoms with Gasteiger partial charge in [-0.3, -0.25) is 14.5 Å². The van der Waals surface area contributed by atoms with Crippen LogP contribution >= 0.6 is 0 Å². The number of carbonyl (C=O) groups excluding carboxylic acids is 3. The van der Waals surface area contributed by atoms with Crippen LogP contribution in [0.5, 0.6) is 5.75 Å². The number of likely N-dealkylation sites (tertiary alicyclic amines) is 1. The van der Waals surface area contributed by atoms with Crippen LogP contribution in [0, 0.1) is 5.92 Å². The molecule has 0 spiro atoms. The first kappa shape index (κ1) is 26.9. The minimum atomic E-state index is -0.633. The van der Waals surface area contributed by atoms with Gasteiger partial charge >= 0.3 is 6.09 Å². The SMILES string of the molecule is COc1cccc(-c2ccc3c(c2)[C@H]2[C@H](CCN2C(=O)OC(C)(C)C)[C@H](CN2C(=O)c4ccccc4C2=O)N3C)c1. The number of imide groups is 1. The molecule has 0 saturated carbocycles. The van der Waals surface area contributed by atoms with Crippen LogP contribution in [0.25, 0.3) is 11.1 Å². The van der Waals surface area contributed by atoms with Crippen molar-refractivity contribution >= 4 is 23.6 Å². The number of likely N-dealkylation sites (N-methyl/N-ethyl adjacent to an activating group) is 1. The third-order valence-corrected chi connectivity index (χ3v) is 8.44. The molecule has 3 aliphatic heterocycles. The molecule has 3 atom stereocenters. The van der Waals surface area contributed by atoms with Crippen LogP contribution in [0.2, 0.25) is 0 Å². The zero-order valence-electron chi connectivity index (χ0n) is 24.1. The summed E-state index contributed by atoms with van der Waals surface area (Å²) in [4.78, 5) is 45.5. The van der Waals surface area contributed by atoms with Gasteiger partial charge in [0.1, 0.15) is 11.4 Å². The summed E-state index contributed by atoms with van der Waals surface area (Å²) >= 11 is 0. The van der Waals surface area contributed by atoms with Crippen LogP contribution in [-0.4, -0.2) is 66.6 Å². The van der Waals surface area contributed by atoms with Crippen molar-refractivity contribution in [3.63, 3.8) is 0 Å². The molecule has 3 aromatic carbocycles. The van der Waals surface area contributed by atoms with Crippen molar-refractivity contribution in [2.75, 3.05) is 32.1 Å². The van der Waals surface area contributed by atoms with Gasteiger partial charge in [-0.2, -0.15) is 0 Å². The Hall–Kier alpha value is -4.33. The van der Waals surface area contributed by atoms with Gasteiger partial charge in [-0.15, -0.1) is 0 Å². The number of methoxy groups -OCH3 is 1. The Morgan fingerprint density at radius 2 is 1.61 bits per heavy atom. The molecule has 3 heterocycles. The second-order valence-electron chi connectivity index (χ2n) is 12.0. The number of fused-ring (bicyclic) bond motifs is 4. The molecule has 3 aromatic rings. The van der Waals surface area contributed by atoms with E-state index in [1.807, 2.05) is 57.0 Å². The molecule has 212 valence electrons. The van der Waals surface area contributed by atoms with Crippen molar-refractivity contribution < 1.29 is 23.9 Å². The molecule has 1 fully saturated rings. The van der Waals surface area contributed by atoms with Gasteiger partial charge in [0.25, 0.3) is 11.8 Å². The highest BCUT2D eigenvalue weighted by Crippen LogP contribution is 2.50. The normalized spacial score (nSPS) is 21.5. The summed E-state index contributed by atoms with van der Waals surface area (Å²) in [5.41, 5.74) is 4.28. The predicted molar refractivity (Wildman–Crippen MR) is 156 cm³/mol. The first-order chi connectivity index (χ1) is 19.6. The smallest absolute Gasteiger partial charge is 0.410 e. The van der Waals surface area contributed by atoms with Gasteiger partial charge in [-0.05, 0) is 80.3 Å². The predicted octanol–water partition coefficient (Wildman–Crippen LogP) is 5.77. The van der Waals surface area contributed by atoms with Crippen molar-refractivity contribution in [3.05, 3.63) is 83.4 Å². The topological polar surface area (TPSA) is 79.4 Å². The van der Waals surface area contributed by atoms with E-state index >= 15 is 0 Å². The van der Waals surface area contributed by atoms with E-state index < -0.39 is 5.60 Å². The Balaban J connectivity index is 1.40. The molecule has 0 bridgehead atoms. The molecular formula is C33H35N3O5. The minimum absolute atomic E-state index is 0.00936. The summed E-state index contributed by atoms with van der Waals surface area (Å²) in [5.74, 6) is 0.228. The molecule has 0 radical (unpaired) electrons. The molecule has 0 unspecified atom stereocenters. The Kier molecular flexibility index (Phi) is 6.52. The summed E-state index contributed by atoms with van der Waals surface area (Å²) < 4.78 is 11.3. The Bertz CT molecular complexity index is 1510. The fraction of sp³-hybridized carbons (Fsp3) is 0.364. The van der Waals surface area contributed by atoms with Crippen molar-refractivity contribution in [1.82, 2.24) is 9.80 Å². The van der Waals surface area contributed by atoms with E-state index in [4.69, 9.17) is 9.47 Å². The summed E-state index contributed by atoms with van der Waals surface area (Å²) in [7, 11) is 3.66. The molecule has 8 heteroatoms. The zero-order chi connectivity index (χ0) is 29.1. The Labute approximate surface area is 240 Å². The van der Waals surface area contributed by atoms with E-state index in [0.717, 1.165) is 34.5 Å². The monoisotopic (exact) mass is 553 g/mol. The highest BCUT2D eigenvalue weighted by atomic mass is 16.6. The zero-order valence-corrected chi connectivity index (χ0v) is 24.1. The van der Waals surface area contributed by atoms with E-state index in [9.17, 15) is 14.4 Å². The van der Waals surface area contributed by atoms with Gasteiger partial charge in [0.2, 0.25) is 0 Å². The van der Waals surface area contributed by atoms with Crippen molar-refractivity contribution in [2.45, 2.75) is 44.9 Å². The maximum Gasteiger partial charge on any atom is 0.410 e. The number of carbonyl (C=O) groups is 3. The first-order valence-electron chi connectivity index (χ1n) is 14.0. The molecule has 6 rings (SSSR count). The molecule has 41 heavy (non-hydrogen) atoms. The average molecular weight is 554 g/mol. The van der Waals surface area contributed by atoms with Crippen molar-refractivity contribution in [2.24, 2.45) is 5.92 Å². The fourth-order valence-electron chi connectivity index (χ4n) is 6.55. The standard InChI is InChI=1S/C33H35N3O5/c1-33(2,3)41-32(39)35-16-15-25-28(19-36-30(37)23-11-6-7-12-24(23)31(36)38)34(4)27-14-13-21(18-26(27)29(25)35)20-9-8-10-22(17-20)40-5/h6-14,17-18,25,28-29H,15-16,19H2,1-5H3/t25-,28+,29-/m1/s1. The van der Waals surface area contributed by atoms with Crippen LogP contribution in [0.15, 0.2) is 66.7 Å². The second kappa shape index (κ2) is 9.94. The minimum Gasteiger partial charge on any atom is -0.497 e. The number of hydrogen-bond acceptors (Lipinski definition) is 6. The average Bonchev–Trinajstić information content (AvgIpc) is 3.50. The third-order valence-electron chi connectivity index (χ3n) is 8.44. The quantitative estimate of drug-likeness (QED) is 0.382. The number of nitrogens with zero attached hydrogens (tertiary/aromatic N) is 3. The Morgan fingerprint density at radius 3 is 2.27 bits per heavy atom. The lowest BCUT2D eigenvalue weighted by Crippen LogP contribution is -2.53. The summed E-state index contributed by atoms with van der Waals surface area (Å²) in [5, 5.41) is 0. The van der Waals surface area contributed by atoms with Crippen molar-refractivity contribution in [1.29, 1.82) is 0 Å². The van der Waals surface area contributed by atoms with E-state index in [2.05, 4.69) is 23.1 Å². The first-order valence-corrected chi connectivity index (χ1v) is 14.0. The number of amides is 3. The van der Waals surface area contributed by atoms with Gasteiger partial charge in [-0.25, -0.2) is 4.79 Å². The van der Waals surface area contributed by atoms with Crippen LogP contribution in [0.3, 0.4) is 0 Å². The lowest BCUT2D eigenvalue weighted by molar-refractivity contribution is 0.0188. The number of anilines is 1. The fourth-order valence-corrected chi connectivity index (χ4v) is 6.55. The molecular weight excluding hydrogens is 518 g/mol. The summed E-state index contributed by atoms with van der Waals surface area (Å²) in [6.07, 6.45) is 0.372. The van der Waals surface area contributed by atoms with Crippen LogP contribution < -0.4 is 9.64 Å². The maximum absolute atomic E-state index is 13.5. The molecule has 1 saturated heterocycles. The van der Waals surface area contributed by atoms with Gasteiger partial charge in [-0.1, -0.05) is 30.3 Å². The van der Waals surface area contributed by atoms with Crippen LogP contribution in [0.1, 0.15) is 59.5 Å². The van der Waals surface area contributed by atoms with Crippen LogP contribution in [-0.2, 0) is 4.74 Å². The van der Waals surface area contributed by atoms with Gasteiger partial charge < -0.3 is 19.3 Å². The molecule has 0 N–H and O–H groups in total. The number of rotatable bonds is 4. The second-order valence-corrected chi connectivity index (χ2v) is 12.0. The molecule has 0 aromatic heterocycles. The number of hydrogen-bond donors (Lipinski definition) is 0. The lowest BCUT2D eigenvalue weighted by Gasteiger charge is -2.46. The van der Waals surface area contributed by atoms with Crippen LogP contribution in [0.4, 0.5) is 10.5 Å². The van der Waals surface area contributed by atoms with Gasteiger partial charge in [0.15, 0.2) is 0 Å². The van der Waals surface area contributed by atoms with Gasteiger partial charge in [0.05, 0.1) is 36.9 Å². The summed E-state index contributed by atoms with van der Waals surface area (Å²) in [6, 6.07) is 20.7.